The van der Waals surface area contributed by atoms with Crippen LogP contribution in [-0.2, 0) is 4.74 Å². The third-order valence-electron chi connectivity index (χ3n) is 4.56. The predicted molar refractivity (Wildman–Crippen MR) is 84.7 cm³/mol. The highest BCUT2D eigenvalue weighted by Crippen LogP contribution is 2.47. The maximum absolute atomic E-state index is 5.85. The molecular weight excluding hydrogens is 302 g/mol. The van der Waals surface area contributed by atoms with Crippen LogP contribution in [0.2, 0.25) is 0 Å². The SMILES string of the molecule is CCOC1CC(Nc2cc(C)ccc2Br)C1(C)CC. The van der Waals surface area contributed by atoms with Crippen molar-refractivity contribution in [1.29, 1.82) is 0 Å². The third-order valence-corrected chi connectivity index (χ3v) is 5.25. The van der Waals surface area contributed by atoms with E-state index in [0.717, 1.165) is 23.9 Å². The maximum atomic E-state index is 5.85. The van der Waals surface area contributed by atoms with E-state index in [1.165, 1.54) is 11.3 Å². The van der Waals surface area contributed by atoms with Crippen LogP contribution in [0.15, 0.2) is 22.7 Å². The lowest BCUT2D eigenvalue weighted by Crippen LogP contribution is -2.59. The molecule has 0 amide bonds. The Morgan fingerprint density at radius 1 is 1.42 bits per heavy atom. The first kappa shape index (κ1) is 14.9. The number of aryl methyl sites for hydroxylation is 1. The van der Waals surface area contributed by atoms with Gasteiger partial charge in [-0.05, 0) is 60.3 Å². The monoisotopic (exact) mass is 325 g/mol. The second-order valence-corrected chi connectivity index (χ2v) is 6.57. The van der Waals surface area contributed by atoms with Crippen molar-refractivity contribution in [3.63, 3.8) is 0 Å². The van der Waals surface area contributed by atoms with E-state index in [9.17, 15) is 0 Å². The molecule has 3 atom stereocenters. The molecule has 1 aliphatic carbocycles. The molecule has 1 aliphatic rings. The van der Waals surface area contributed by atoms with Gasteiger partial charge in [0.1, 0.15) is 0 Å². The second kappa shape index (κ2) is 5.84. The van der Waals surface area contributed by atoms with Gasteiger partial charge in [0.05, 0.1) is 6.10 Å². The first-order chi connectivity index (χ1) is 9.01. The van der Waals surface area contributed by atoms with Crippen molar-refractivity contribution in [2.24, 2.45) is 5.41 Å². The highest BCUT2D eigenvalue weighted by molar-refractivity contribution is 9.10. The zero-order chi connectivity index (χ0) is 14.0. The van der Waals surface area contributed by atoms with E-state index in [2.05, 4.69) is 67.1 Å². The molecule has 0 heterocycles. The van der Waals surface area contributed by atoms with Gasteiger partial charge in [-0.25, -0.2) is 0 Å². The molecule has 106 valence electrons. The maximum Gasteiger partial charge on any atom is 0.0667 e. The largest absolute Gasteiger partial charge is 0.381 e. The van der Waals surface area contributed by atoms with E-state index in [1.54, 1.807) is 0 Å². The molecule has 3 unspecified atom stereocenters. The zero-order valence-corrected chi connectivity index (χ0v) is 13.9. The van der Waals surface area contributed by atoms with E-state index in [-0.39, 0.29) is 5.41 Å². The summed E-state index contributed by atoms with van der Waals surface area (Å²) in [6, 6.07) is 6.93. The number of hydrogen-bond donors (Lipinski definition) is 1. The molecule has 0 saturated heterocycles. The summed E-state index contributed by atoms with van der Waals surface area (Å²) in [5.74, 6) is 0. The summed E-state index contributed by atoms with van der Waals surface area (Å²) in [5, 5.41) is 3.69. The van der Waals surface area contributed by atoms with Crippen molar-refractivity contribution in [3.8, 4) is 0 Å². The van der Waals surface area contributed by atoms with Crippen LogP contribution in [0.25, 0.3) is 0 Å². The van der Waals surface area contributed by atoms with Crippen LogP contribution in [-0.4, -0.2) is 18.8 Å². The smallest absolute Gasteiger partial charge is 0.0667 e. The number of halogens is 1. The Hall–Kier alpha value is -0.540. The molecule has 1 fully saturated rings. The molecule has 0 radical (unpaired) electrons. The Balaban J connectivity index is 2.10. The minimum Gasteiger partial charge on any atom is -0.381 e. The Kier molecular flexibility index (Phi) is 4.57. The van der Waals surface area contributed by atoms with Gasteiger partial charge in [-0.2, -0.15) is 0 Å². The fraction of sp³-hybridized carbons (Fsp3) is 0.625. The lowest BCUT2D eigenvalue weighted by Gasteiger charge is -2.54. The third kappa shape index (κ3) is 2.82. The van der Waals surface area contributed by atoms with Crippen LogP contribution >= 0.6 is 15.9 Å². The molecule has 1 aromatic carbocycles. The lowest BCUT2D eigenvalue weighted by molar-refractivity contribution is -0.109. The van der Waals surface area contributed by atoms with Gasteiger partial charge in [0, 0.05) is 28.2 Å². The molecule has 2 nitrogen and oxygen atoms in total. The zero-order valence-electron chi connectivity index (χ0n) is 12.3. The number of rotatable bonds is 5. The van der Waals surface area contributed by atoms with Crippen molar-refractivity contribution in [2.45, 2.75) is 52.7 Å². The highest BCUT2D eigenvalue weighted by atomic mass is 79.9. The van der Waals surface area contributed by atoms with Crippen LogP contribution in [0, 0.1) is 12.3 Å². The van der Waals surface area contributed by atoms with Crippen LogP contribution in [0.4, 0.5) is 5.69 Å². The molecule has 0 bridgehead atoms. The topological polar surface area (TPSA) is 21.3 Å². The minimum atomic E-state index is 0.235. The van der Waals surface area contributed by atoms with Gasteiger partial charge in [0.25, 0.3) is 0 Å². The summed E-state index contributed by atoms with van der Waals surface area (Å²) in [6.07, 6.45) is 2.63. The van der Waals surface area contributed by atoms with Crippen molar-refractivity contribution >= 4 is 21.6 Å². The van der Waals surface area contributed by atoms with Gasteiger partial charge in [-0.3, -0.25) is 0 Å². The number of benzene rings is 1. The molecular formula is C16H24BrNO. The molecule has 1 aromatic rings. The summed E-state index contributed by atoms with van der Waals surface area (Å²) in [7, 11) is 0. The number of ether oxygens (including phenoxy) is 1. The Morgan fingerprint density at radius 3 is 2.79 bits per heavy atom. The van der Waals surface area contributed by atoms with Crippen LogP contribution in [0.1, 0.15) is 39.2 Å². The number of nitrogens with one attached hydrogen (secondary N) is 1. The second-order valence-electron chi connectivity index (χ2n) is 5.72. The summed E-state index contributed by atoms with van der Waals surface area (Å²) >= 11 is 3.62. The fourth-order valence-corrected chi connectivity index (χ4v) is 3.27. The summed E-state index contributed by atoms with van der Waals surface area (Å²) in [4.78, 5) is 0. The molecule has 19 heavy (non-hydrogen) atoms. The highest BCUT2D eigenvalue weighted by Gasteiger charge is 2.51. The van der Waals surface area contributed by atoms with Gasteiger partial charge in [0.15, 0.2) is 0 Å². The van der Waals surface area contributed by atoms with E-state index in [0.29, 0.717) is 12.1 Å². The molecule has 1 saturated carbocycles. The van der Waals surface area contributed by atoms with E-state index in [1.807, 2.05) is 0 Å². The van der Waals surface area contributed by atoms with Crippen LogP contribution in [0.5, 0.6) is 0 Å². The lowest BCUT2D eigenvalue weighted by atomic mass is 9.61. The van der Waals surface area contributed by atoms with Gasteiger partial charge in [-0.15, -0.1) is 0 Å². The molecule has 0 aliphatic heterocycles. The predicted octanol–water partition coefficient (Wildman–Crippen LogP) is 4.76. The molecule has 1 N–H and O–H groups in total. The minimum absolute atomic E-state index is 0.235. The van der Waals surface area contributed by atoms with Gasteiger partial charge in [0.2, 0.25) is 0 Å². The van der Waals surface area contributed by atoms with Crippen LogP contribution in [0.3, 0.4) is 0 Å². The summed E-state index contributed by atoms with van der Waals surface area (Å²) < 4.78 is 6.99. The van der Waals surface area contributed by atoms with Crippen molar-refractivity contribution in [3.05, 3.63) is 28.2 Å². The average molecular weight is 326 g/mol. The van der Waals surface area contributed by atoms with Gasteiger partial charge < -0.3 is 10.1 Å². The molecule has 2 rings (SSSR count). The number of anilines is 1. The summed E-state index contributed by atoms with van der Waals surface area (Å²) in [5.41, 5.74) is 2.71. The standard InChI is InChI=1S/C16H24BrNO/c1-5-16(4)14(10-15(16)19-6-2)18-13-9-11(3)7-8-12(13)17/h7-9,14-15,18H,5-6,10H2,1-4H3. The normalized spacial score (nSPS) is 29.9. The fourth-order valence-electron chi connectivity index (χ4n) is 2.91. The van der Waals surface area contributed by atoms with Gasteiger partial charge in [-0.1, -0.05) is 19.9 Å². The Labute approximate surface area is 125 Å². The van der Waals surface area contributed by atoms with Crippen LogP contribution < -0.4 is 5.32 Å². The van der Waals surface area contributed by atoms with E-state index in [4.69, 9.17) is 4.74 Å². The quantitative estimate of drug-likeness (QED) is 0.842. The molecule has 3 heteroatoms. The number of hydrogen-bond acceptors (Lipinski definition) is 2. The first-order valence-electron chi connectivity index (χ1n) is 7.15. The molecule has 0 spiro atoms. The Morgan fingerprint density at radius 2 is 2.16 bits per heavy atom. The van der Waals surface area contributed by atoms with Crippen molar-refractivity contribution < 1.29 is 4.74 Å². The van der Waals surface area contributed by atoms with Crippen molar-refractivity contribution in [1.82, 2.24) is 0 Å². The van der Waals surface area contributed by atoms with E-state index >= 15 is 0 Å². The van der Waals surface area contributed by atoms with Gasteiger partial charge >= 0.3 is 0 Å². The average Bonchev–Trinajstić information content (AvgIpc) is 2.40. The van der Waals surface area contributed by atoms with E-state index < -0.39 is 0 Å². The first-order valence-corrected chi connectivity index (χ1v) is 7.94. The molecule has 0 aromatic heterocycles. The Bertz CT molecular complexity index is 448. The van der Waals surface area contributed by atoms with Crippen molar-refractivity contribution in [2.75, 3.05) is 11.9 Å². The summed E-state index contributed by atoms with van der Waals surface area (Å²) in [6.45, 7) is 9.60.